The van der Waals surface area contributed by atoms with E-state index < -0.39 is 0 Å². The van der Waals surface area contributed by atoms with Gasteiger partial charge in [0.05, 0.1) is 6.54 Å². The maximum Gasteiger partial charge on any atom is 0.234 e. The molecule has 1 unspecified atom stereocenters. The summed E-state index contributed by atoms with van der Waals surface area (Å²) in [6.07, 6.45) is 6.40. The monoisotopic (exact) mass is 255 g/mol. The molecule has 2 N–H and O–H groups in total. The minimum Gasteiger partial charge on any atom is -0.354 e. The third-order valence-corrected chi connectivity index (χ3v) is 3.67. The molecule has 1 heterocycles. The van der Waals surface area contributed by atoms with Crippen LogP contribution in [0.1, 0.15) is 46.0 Å². The lowest BCUT2D eigenvalue weighted by Crippen LogP contribution is -2.41. The Hall–Kier alpha value is -0.610. The first-order valence-corrected chi connectivity index (χ1v) is 7.44. The first-order chi connectivity index (χ1) is 8.72. The number of nitrogens with zero attached hydrogens (tertiary/aromatic N) is 1. The van der Waals surface area contributed by atoms with Gasteiger partial charge in [-0.05, 0) is 39.3 Å². The lowest BCUT2D eigenvalue weighted by atomic mass is 10.2. The van der Waals surface area contributed by atoms with Crippen molar-refractivity contribution in [1.29, 1.82) is 0 Å². The summed E-state index contributed by atoms with van der Waals surface area (Å²) in [5.74, 6) is 0.116. The van der Waals surface area contributed by atoms with E-state index in [2.05, 4.69) is 29.4 Å². The third-order valence-electron chi connectivity index (χ3n) is 3.67. The number of hydrogen-bond donors (Lipinski definition) is 2. The van der Waals surface area contributed by atoms with Gasteiger partial charge in [-0.1, -0.05) is 19.8 Å². The number of hydrogen-bond acceptors (Lipinski definition) is 3. The van der Waals surface area contributed by atoms with Gasteiger partial charge in [0.25, 0.3) is 0 Å². The largest absolute Gasteiger partial charge is 0.354 e. The van der Waals surface area contributed by atoms with Crippen LogP contribution in [0.3, 0.4) is 0 Å². The molecule has 1 saturated heterocycles. The SMILES string of the molecule is CCC(C)NCC(=O)NCCN1CCCCCC1. The zero-order valence-electron chi connectivity index (χ0n) is 12.0. The number of nitrogens with one attached hydrogen (secondary N) is 2. The average molecular weight is 255 g/mol. The quantitative estimate of drug-likeness (QED) is 0.722. The molecule has 1 amide bonds. The zero-order valence-corrected chi connectivity index (χ0v) is 12.0. The van der Waals surface area contributed by atoms with E-state index in [0.717, 1.165) is 19.5 Å². The minimum atomic E-state index is 0.116. The van der Waals surface area contributed by atoms with Gasteiger partial charge in [-0.15, -0.1) is 0 Å². The average Bonchev–Trinajstić information content (AvgIpc) is 2.64. The highest BCUT2D eigenvalue weighted by molar-refractivity contribution is 5.77. The van der Waals surface area contributed by atoms with Crippen LogP contribution >= 0.6 is 0 Å². The molecule has 106 valence electrons. The molecule has 1 rings (SSSR count). The van der Waals surface area contributed by atoms with E-state index in [9.17, 15) is 4.79 Å². The van der Waals surface area contributed by atoms with Crippen molar-refractivity contribution in [3.63, 3.8) is 0 Å². The second kappa shape index (κ2) is 9.34. The van der Waals surface area contributed by atoms with E-state index in [4.69, 9.17) is 0 Å². The highest BCUT2D eigenvalue weighted by Gasteiger charge is 2.09. The highest BCUT2D eigenvalue weighted by atomic mass is 16.1. The van der Waals surface area contributed by atoms with E-state index in [1.54, 1.807) is 0 Å². The Labute approximate surface area is 111 Å². The van der Waals surface area contributed by atoms with Gasteiger partial charge in [-0.25, -0.2) is 0 Å². The fraction of sp³-hybridized carbons (Fsp3) is 0.929. The molecule has 0 aliphatic carbocycles. The fourth-order valence-electron chi connectivity index (χ4n) is 2.19. The molecule has 18 heavy (non-hydrogen) atoms. The van der Waals surface area contributed by atoms with Crippen LogP contribution in [0, 0.1) is 0 Å². The Morgan fingerprint density at radius 3 is 2.50 bits per heavy atom. The van der Waals surface area contributed by atoms with Crippen LogP contribution in [0.5, 0.6) is 0 Å². The van der Waals surface area contributed by atoms with Crippen molar-refractivity contribution in [3.05, 3.63) is 0 Å². The second-order valence-electron chi connectivity index (χ2n) is 5.30. The lowest BCUT2D eigenvalue weighted by Gasteiger charge is -2.20. The predicted molar refractivity (Wildman–Crippen MR) is 75.7 cm³/mol. The van der Waals surface area contributed by atoms with Gasteiger partial charge in [-0.3, -0.25) is 4.79 Å². The first-order valence-electron chi connectivity index (χ1n) is 7.44. The van der Waals surface area contributed by atoms with E-state index in [0.29, 0.717) is 12.6 Å². The molecule has 0 radical (unpaired) electrons. The van der Waals surface area contributed by atoms with Crippen molar-refractivity contribution in [3.8, 4) is 0 Å². The van der Waals surface area contributed by atoms with Crippen molar-refractivity contribution in [2.24, 2.45) is 0 Å². The molecule has 0 bridgehead atoms. The van der Waals surface area contributed by atoms with Crippen molar-refractivity contribution < 1.29 is 4.79 Å². The van der Waals surface area contributed by atoms with E-state index >= 15 is 0 Å². The molecule has 1 atom stereocenters. The van der Waals surface area contributed by atoms with Gasteiger partial charge in [0.15, 0.2) is 0 Å². The predicted octanol–water partition coefficient (Wildman–Crippen LogP) is 1.37. The van der Waals surface area contributed by atoms with Crippen molar-refractivity contribution in [2.45, 2.75) is 52.0 Å². The number of amides is 1. The van der Waals surface area contributed by atoms with Gasteiger partial charge >= 0.3 is 0 Å². The van der Waals surface area contributed by atoms with Crippen LogP contribution in [0.4, 0.5) is 0 Å². The normalized spacial score (nSPS) is 19.2. The summed E-state index contributed by atoms with van der Waals surface area (Å²) in [4.78, 5) is 14.0. The zero-order chi connectivity index (χ0) is 13.2. The van der Waals surface area contributed by atoms with Crippen LogP contribution in [0.15, 0.2) is 0 Å². The molecule has 0 aromatic carbocycles. The Bertz CT molecular complexity index is 225. The van der Waals surface area contributed by atoms with Crippen LogP contribution in [-0.2, 0) is 4.79 Å². The standard InChI is InChI=1S/C14H29N3O/c1-3-13(2)16-12-14(18)15-8-11-17-9-6-4-5-7-10-17/h13,16H,3-12H2,1-2H3,(H,15,18). The molecule has 1 fully saturated rings. The van der Waals surface area contributed by atoms with E-state index in [1.807, 2.05) is 0 Å². The summed E-state index contributed by atoms with van der Waals surface area (Å²) in [7, 11) is 0. The highest BCUT2D eigenvalue weighted by Crippen LogP contribution is 2.08. The number of carbonyl (C=O) groups is 1. The van der Waals surface area contributed by atoms with Crippen molar-refractivity contribution >= 4 is 5.91 Å². The third kappa shape index (κ3) is 6.97. The summed E-state index contributed by atoms with van der Waals surface area (Å²) in [5, 5.41) is 6.19. The van der Waals surface area contributed by atoms with Crippen LogP contribution in [-0.4, -0.2) is 49.6 Å². The molecule has 0 saturated carbocycles. The smallest absolute Gasteiger partial charge is 0.234 e. The summed E-state index contributed by atoms with van der Waals surface area (Å²) >= 11 is 0. The molecule has 0 aromatic rings. The van der Waals surface area contributed by atoms with Crippen molar-refractivity contribution in [1.82, 2.24) is 15.5 Å². The number of carbonyl (C=O) groups excluding carboxylic acids is 1. The Kier molecular flexibility index (Phi) is 8.01. The van der Waals surface area contributed by atoms with Crippen LogP contribution in [0.2, 0.25) is 0 Å². The Morgan fingerprint density at radius 2 is 1.89 bits per heavy atom. The molecule has 0 spiro atoms. The molecule has 1 aliphatic heterocycles. The van der Waals surface area contributed by atoms with Crippen molar-refractivity contribution in [2.75, 3.05) is 32.7 Å². The lowest BCUT2D eigenvalue weighted by molar-refractivity contribution is -0.120. The second-order valence-corrected chi connectivity index (χ2v) is 5.30. The van der Waals surface area contributed by atoms with Crippen LogP contribution in [0.25, 0.3) is 0 Å². The van der Waals surface area contributed by atoms with Crippen LogP contribution < -0.4 is 10.6 Å². The summed E-state index contributed by atoms with van der Waals surface area (Å²) in [6.45, 7) is 8.83. The molecule has 4 nitrogen and oxygen atoms in total. The maximum atomic E-state index is 11.6. The summed E-state index contributed by atoms with van der Waals surface area (Å²) in [6, 6.07) is 0.418. The van der Waals surface area contributed by atoms with Gasteiger partial charge in [0.1, 0.15) is 0 Å². The van der Waals surface area contributed by atoms with Gasteiger partial charge in [0, 0.05) is 19.1 Å². The van der Waals surface area contributed by atoms with E-state index in [1.165, 1.54) is 38.8 Å². The first kappa shape index (κ1) is 15.4. The molecule has 0 aromatic heterocycles. The van der Waals surface area contributed by atoms with Gasteiger partial charge < -0.3 is 15.5 Å². The van der Waals surface area contributed by atoms with Gasteiger partial charge in [0.2, 0.25) is 5.91 Å². The number of likely N-dealkylation sites (tertiary alicyclic amines) is 1. The maximum absolute atomic E-state index is 11.6. The van der Waals surface area contributed by atoms with E-state index in [-0.39, 0.29) is 5.91 Å². The van der Waals surface area contributed by atoms with Gasteiger partial charge in [-0.2, -0.15) is 0 Å². The fourth-order valence-corrected chi connectivity index (χ4v) is 2.19. The minimum absolute atomic E-state index is 0.116. The Balaban J connectivity index is 2.03. The summed E-state index contributed by atoms with van der Waals surface area (Å²) < 4.78 is 0. The molecule has 4 heteroatoms. The topological polar surface area (TPSA) is 44.4 Å². The number of rotatable bonds is 7. The molecular formula is C14H29N3O. The summed E-state index contributed by atoms with van der Waals surface area (Å²) in [5.41, 5.74) is 0. The molecular weight excluding hydrogens is 226 g/mol. The molecule has 1 aliphatic rings. The Morgan fingerprint density at radius 1 is 1.22 bits per heavy atom.